The van der Waals surface area contributed by atoms with Crippen LogP contribution in [0, 0.1) is 6.92 Å². The lowest BCUT2D eigenvalue weighted by molar-refractivity contribution is 0.174. The number of nitrogens with one attached hydrogen (secondary N) is 1. The molecule has 3 N–H and O–H groups in total. The highest BCUT2D eigenvalue weighted by atomic mass is 79.9. The van der Waals surface area contributed by atoms with Gasteiger partial charge in [0, 0.05) is 10.0 Å². The number of rotatable bonds is 3. The number of benzene rings is 1. The number of aryl methyl sites for hydroxylation is 1. The lowest BCUT2D eigenvalue weighted by Crippen LogP contribution is -2.13. The number of fused-ring (bicyclic) bond motifs is 1. The minimum Gasteiger partial charge on any atom is -0.454 e. The number of aromatic nitrogens is 3. The largest absolute Gasteiger partial charge is 0.454 e. The number of ether oxygens (including phenoxy) is 2. The SMILES string of the molecule is Cc1nnc(NN=Cc2cc(Br)cc3c2OCO3)n1N. The zero-order valence-electron chi connectivity index (χ0n) is 10.5. The van der Waals surface area contributed by atoms with Crippen molar-refractivity contribution in [2.24, 2.45) is 5.10 Å². The Morgan fingerprint density at radius 2 is 2.30 bits per heavy atom. The Labute approximate surface area is 122 Å². The maximum absolute atomic E-state index is 5.70. The van der Waals surface area contributed by atoms with Gasteiger partial charge in [0.2, 0.25) is 6.79 Å². The monoisotopic (exact) mass is 338 g/mol. The molecule has 0 saturated carbocycles. The molecule has 0 aliphatic carbocycles. The van der Waals surface area contributed by atoms with Gasteiger partial charge in [0.25, 0.3) is 5.95 Å². The number of nitrogens with two attached hydrogens (primary N) is 1. The fraction of sp³-hybridized carbons (Fsp3) is 0.182. The van der Waals surface area contributed by atoms with Crippen LogP contribution in [0.3, 0.4) is 0 Å². The van der Waals surface area contributed by atoms with E-state index in [1.807, 2.05) is 12.1 Å². The summed E-state index contributed by atoms with van der Waals surface area (Å²) in [5.74, 6) is 7.97. The van der Waals surface area contributed by atoms with E-state index in [4.69, 9.17) is 15.3 Å². The molecule has 0 atom stereocenters. The number of hydrazone groups is 1. The molecule has 9 heteroatoms. The van der Waals surface area contributed by atoms with Crippen LogP contribution < -0.4 is 20.7 Å². The summed E-state index contributed by atoms with van der Waals surface area (Å²) in [5, 5.41) is 11.7. The first kappa shape index (κ1) is 12.7. The maximum Gasteiger partial charge on any atom is 0.263 e. The number of hydrogen-bond donors (Lipinski definition) is 2. The number of hydrogen-bond acceptors (Lipinski definition) is 7. The summed E-state index contributed by atoms with van der Waals surface area (Å²) in [7, 11) is 0. The topological polar surface area (TPSA) is 99.6 Å². The van der Waals surface area contributed by atoms with Crippen LogP contribution in [-0.2, 0) is 0 Å². The van der Waals surface area contributed by atoms with Crippen LogP contribution in [-0.4, -0.2) is 27.9 Å². The standard InChI is InChI=1S/C11H11BrN6O2/c1-6-15-17-11(18(6)13)16-14-4-7-2-8(12)3-9-10(7)20-5-19-9/h2-4H,5,13H2,1H3,(H,16,17). The molecule has 0 unspecified atom stereocenters. The van der Waals surface area contributed by atoms with E-state index in [1.54, 1.807) is 13.1 Å². The van der Waals surface area contributed by atoms with Gasteiger partial charge in [-0.15, -0.1) is 10.2 Å². The molecular weight excluding hydrogens is 328 g/mol. The van der Waals surface area contributed by atoms with E-state index in [0.717, 1.165) is 10.0 Å². The summed E-state index contributed by atoms with van der Waals surface area (Å²) in [6, 6.07) is 3.71. The first-order valence-corrected chi connectivity index (χ1v) is 6.50. The van der Waals surface area contributed by atoms with Gasteiger partial charge in [0.15, 0.2) is 17.3 Å². The third-order valence-corrected chi connectivity index (χ3v) is 3.16. The van der Waals surface area contributed by atoms with Crippen LogP contribution in [0.4, 0.5) is 5.95 Å². The summed E-state index contributed by atoms with van der Waals surface area (Å²) in [4.78, 5) is 0. The Bertz CT molecular complexity index is 684. The van der Waals surface area contributed by atoms with Crippen LogP contribution in [0.1, 0.15) is 11.4 Å². The van der Waals surface area contributed by atoms with E-state index in [1.165, 1.54) is 4.68 Å². The van der Waals surface area contributed by atoms with E-state index in [0.29, 0.717) is 23.3 Å². The van der Waals surface area contributed by atoms with Crippen molar-refractivity contribution >= 4 is 28.1 Å². The molecule has 1 aromatic heterocycles. The molecule has 1 aromatic carbocycles. The van der Waals surface area contributed by atoms with Gasteiger partial charge >= 0.3 is 0 Å². The zero-order chi connectivity index (χ0) is 14.1. The lowest BCUT2D eigenvalue weighted by Gasteiger charge is -2.02. The van der Waals surface area contributed by atoms with Crippen LogP contribution in [0.5, 0.6) is 11.5 Å². The summed E-state index contributed by atoms with van der Waals surface area (Å²) in [6.07, 6.45) is 1.60. The zero-order valence-corrected chi connectivity index (χ0v) is 12.1. The highest BCUT2D eigenvalue weighted by Crippen LogP contribution is 2.37. The molecule has 3 rings (SSSR count). The molecule has 0 amide bonds. The molecule has 0 radical (unpaired) electrons. The van der Waals surface area contributed by atoms with Crippen molar-refractivity contribution in [1.29, 1.82) is 0 Å². The number of anilines is 1. The quantitative estimate of drug-likeness (QED) is 0.496. The average molecular weight is 339 g/mol. The second-order valence-electron chi connectivity index (χ2n) is 4.04. The average Bonchev–Trinajstić information content (AvgIpc) is 3.00. The van der Waals surface area contributed by atoms with Crippen molar-refractivity contribution in [1.82, 2.24) is 14.9 Å². The van der Waals surface area contributed by atoms with Gasteiger partial charge in [0.1, 0.15) is 0 Å². The van der Waals surface area contributed by atoms with Crippen LogP contribution in [0.2, 0.25) is 0 Å². The molecule has 20 heavy (non-hydrogen) atoms. The predicted octanol–water partition coefficient (Wildman–Crippen LogP) is 1.24. The first-order valence-electron chi connectivity index (χ1n) is 5.70. The summed E-state index contributed by atoms with van der Waals surface area (Å²) >= 11 is 3.40. The van der Waals surface area contributed by atoms with E-state index < -0.39 is 0 Å². The van der Waals surface area contributed by atoms with Crippen LogP contribution in [0.15, 0.2) is 21.7 Å². The van der Waals surface area contributed by atoms with Gasteiger partial charge in [-0.1, -0.05) is 15.9 Å². The van der Waals surface area contributed by atoms with Gasteiger partial charge in [-0.3, -0.25) is 0 Å². The normalized spacial score (nSPS) is 13.1. The van der Waals surface area contributed by atoms with Crippen molar-refractivity contribution in [3.05, 3.63) is 28.0 Å². The molecule has 1 aliphatic rings. The predicted molar refractivity (Wildman–Crippen MR) is 76.4 cm³/mol. The Balaban J connectivity index is 1.81. The molecule has 2 heterocycles. The van der Waals surface area contributed by atoms with Crippen molar-refractivity contribution < 1.29 is 9.47 Å². The Kier molecular flexibility index (Phi) is 3.18. The highest BCUT2D eigenvalue weighted by molar-refractivity contribution is 9.10. The number of halogens is 1. The van der Waals surface area contributed by atoms with Crippen molar-refractivity contribution in [3.63, 3.8) is 0 Å². The smallest absolute Gasteiger partial charge is 0.263 e. The highest BCUT2D eigenvalue weighted by Gasteiger charge is 2.17. The minimum atomic E-state index is 0.205. The van der Waals surface area contributed by atoms with E-state index in [9.17, 15) is 0 Å². The maximum atomic E-state index is 5.70. The fourth-order valence-electron chi connectivity index (χ4n) is 1.70. The third kappa shape index (κ3) is 2.27. The molecule has 0 bridgehead atoms. The van der Waals surface area contributed by atoms with Gasteiger partial charge in [0.05, 0.1) is 6.21 Å². The molecule has 1 aliphatic heterocycles. The van der Waals surface area contributed by atoms with Gasteiger partial charge in [-0.25, -0.2) is 10.1 Å². The van der Waals surface area contributed by atoms with E-state index in [-0.39, 0.29) is 6.79 Å². The number of nitrogens with zero attached hydrogens (tertiary/aromatic N) is 4. The van der Waals surface area contributed by atoms with Crippen LogP contribution in [0.25, 0.3) is 0 Å². The molecule has 104 valence electrons. The van der Waals surface area contributed by atoms with Gasteiger partial charge in [-0.05, 0) is 19.1 Å². The second-order valence-corrected chi connectivity index (χ2v) is 4.96. The summed E-state index contributed by atoms with van der Waals surface area (Å²) in [5.41, 5.74) is 3.49. The third-order valence-electron chi connectivity index (χ3n) is 2.70. The molecule has 8 nitrogen and oxygen atoms in total. The molecular formula is C11H11BrN6O2. The molecule has 0 spiro atoms. The Morgan fingerprint density at radius 1 is 1.45 bits per heavy atom. The Hall–Kier alpha value is -2.29. The summed E-state index contributed by atoms with van der Waals surface area (Å²) in [6.45, 7) is 1.95. The fourth-order valence-corrected chi connectivity index (χ4v) is 2.16. The summed E-state index contributed by atoms with van der Waals surface area (Å²) < 4.78 is 12.9. The first-order chi connectivity index (χ1) is 9.65. The number of nitrogen functional groups attached to an aromatic ring is 1. The van der Waals surface area contributed by atoms with Crippen LogP contribution >= 0.6 is 15.9 Å². The van der Waals surface area contributed by atoms with E-state index in [2.05, 4.69) is 36.7 Å². The Morgan fingerprint density at radius 3 is 3.05 bits per heavy atom. The van der Waals surface area contributed by atoms with Gasteiger partial charge in [-0.2, -0.15) is 5.10 Å². The molecule has 0 fully saturated rings. The minimum absolute atomic E-state index is 0.205. The lowest BCUT2D eigenvalue weighted by atomic mass is 10.2. The van der Waals surface area contributed by atoms with Gasteiger partial charge < -0.3 is 15.3 Å². The van der Waals surface area contributed by atoms with Crippen molar-refractivity contribution in [3.8, 4) is 11.5 Å². The van der Waals surface area contributed by atoms with E-state index >= 15 is 0 Å². The molecule has 0 saturated heterocycles. The van der Waals surface area contributed by atoms with Crippen molar-refractivity contribution in [2.75, 3.05) is 18.1 Å². The van der Waals surface area contributed by atoms with Crippen molar-refractivity contribution in [2.45, 2.75) is 6.92 Å². The molecule has 2 aromatic rings. The second kappa shape index (κ2) is 5.00.